The second-order valence-electron chi connectivity index (χ2n) is 7.55. The van der Waals surface area contributed by atoms with E-state index in [1.807, 2.05) is 24.0 Å². The molecule has 1 atom stereocenters. The summed E-state index contributed by atoms with van der Waals surface area (Å²) in [7, 11) is 0. The van der Waals surface area contributed by atoms with E-state index < -0.39 is 5.82 Å². The van der Waals surface area contributed by atoms with Crippen molar-refractivity contribution in [3.8, 4) is 11.5 Å². The van der Waals surface area contributed by atoms with Gasteiger partial charge >= 0.3 is 0 Å². The summed E-state index contributed by atoms with van der Waals surface area (Å²) in [5.74, 6) is 0.420. The van der Waals surface area contributed by atoms with Crippen molar-refractivity contribution in [3.63, 3.8) is 0 Å². The van der Waals surface area contributed by atoms with Gasteiger partial charge in [-0.15, -0.1) is 0 Å². The Morgan fingerprint density at radius 3 is 2.82 bits per heavy atom. The number of amides is 1. The van der Waals surface area contributed by atoms with Crippen LogP contribution in [0.1, 0.15) is 12.5 Å². The van der Waals surface area contributed by atoms with Gasteiger partial charge in [0.15, 0.2) is 11.6 Å². The van der Waals surface area contributed by atoms with Crippen molar-refractivity contribution >= 4 is 23.1 Å². The van der Waals surface area contributed by atoms with Crippen LogP contribution in [-0.2, 0) is 16.0 Å². The fourth-order valence-electron chi connectivity index (χ4n) is 3.74. The molecule has 168 valence electrons. The second-order valence-corrected chi connectivity index (χ2v) is 7.55. The summed E-state index contributed by atoms with van der Waals surface area (Å²) in [6.45, 7) is 10.5. The van der Waals surface area contributed by atoms with E-state index in [9.17, 15) is 9.18 Å². The van der Waals surface area contributed by atoms with Crippen LogP contribution in [0.3, 0.4) is 0 Å². The third-order valence-corrected chi connectivity index (χ3v) is 5.36. The third-order valence-electron chi connectivity index (χ3n) is 5.36. The number of rotatable bonds is 7. The molecule has 1 unspecified atom stereocenters. The number of nitrogens with one attached hydrogen (secondary N) is 1. The molecule has 1 amide bonds. The number of pyridine rings is 1. The van der Waals surface area contributed by atoms with E-state index in [4.69, 9.17) is 16.0 Å². The van der Waals surface area contributed by atoms with E-state index >= 15 is 0 Å². The molecule has 3 aromatic rings. The Morgan fingerprint density at radius 2 is 2.09 bits per heavy atom. The molecule has 0 radical (unpaired) electrons. The van der Waals surface area contributed by atoms with Gasteiger partial charge in [0.25, 0.3) is 0 Å². The van der Waals surface area contributed by atoms with E-state index in [2.05, 4.69) is 15.1 Å². The lowest BCUT2D eigenvalue weighted by molar-refractivity contribution is -0.147. The second kappa shape index (κ2) is 10.1. The van der Waals surface area contributed by atoms with Crippen molar-refractivity contribution in [1.29, 1.82) is 0 Å². The van der Waals surface area contributed by atoms with Crippen LogP contribution < -0.4 is 10.1 Å². The van der Waals surface area contributed by atoms with Gasteiger partial charge in [0.2, 0.25) is 11.6 Å². The molecule has 1 aliphatic heterocycles. The highest BCUT2D eigenvalue weighted by molar-refractivity contribution is 5.78. The number of hydrogen-bond acceptors (Lipinski definition) is 5. The predicted molar refractivity (Wildman–Crippen MR) is 122 cm³/mol. The number of carbonyl (C=O) groups excluding carboxylic acids is 1. The molecule has 1 aliphatic rings. The first kappa shape index (κ1) is 22.2. The van der Waals surface area contributed by atoms with E-state index in [0.717, 1.165) is 5.56 Å². The number of carbonyl (C=O) groups is 1. The van der Waals surface area contributed by atoms with Crippen LogP contribution in [0.4, 0.5) is 21.6 Å². The minimum Gasteiger partial charge on any atom is -0.454 e. The van der Waals surface area contributed by atoms with Crippen LogP contribution >= 0.6 is 0 Å². The molecule has 0 aliphatic carbocycles. The highest BCUT2D eigenvalue weighted by Crippen LogP contribution is 2.30. The summed E-state index contributed by atoms with van der Waals surface area (Å²) in [6, 6.07) is 15.2. The molecule has 0 spiro atoms. The van der Waals surface area contributed by atoms with Crippen molar-refractivity contribution in [2.75, 3.05) is 25.1 Å². The normalized spacial score (nSPS) is 15.7. The molecule has 1 aromatic heterocycles. The van der Waals surface area contributed by atoms with Crippen LogP contribution in [0.5, 0.6) is 11.5 Å². The molecule has 4 rings (SSSR count). The molecule has 8 heteroatoms. The Kier molecular flexibility index (Phi) is 6.81. The van der Waals surface area contributed by atoms with E-state index in [1.54, 1.807) is 36.5 Å². The minimum atomic E-state index is -0.541. The number of morpholine rings is 1. The van der Waals surface area contributed by atoms with Crippen LogP contribution in [0.15, 0.2) is 60.8 Å². The quantitative estimate of drug-likeness (QED) is 0.512. The van der Waals surface area contributed by atoms with Crippen LogP contribution in [0.25, 0.3) is 4.85 Å². The van der Waals surface area contributed by atoms with E-state index in [1.165, 1.54) is 12.1 Å². The predicted octanol–water partition coefficient (Wildman–Crippen LogP) is 5.10. The molecule has 1 saturated heterocycles. The fourth-order valence-corrected chi connectivity index (χ4v) is 3.74. The number of benzene rings is 2. The van der Waals surface area contributed by atoms with Gasteiger partial charge in [0, 0.05) is 24.5 Å². The lowest BCUT2D eigenvalue weighted by atomic mass is 10.0. The number of aromatic nitrogens is 1. The van der Waals surface area contributed by atoms with Gasteiger partial charge in [0.1, 0.15) is 18.2 Å². The number of hydrogen-bond donors (Lipinski definition) is 1. The molecule has 7 nitrogen and oxygen atoms in total. The zero-order valence-electron chi connectivity index (χ0n) is 18.1. The summed E-state index contributed by atoms with van der Waals surface area (Å²) in [5, 5.41) is 2.95. The molecule has 0 saturated carbocycles. The first-order valence-corrected chi connectivity index (χ1v) is 10.6. The largest absolute Gasteiger partial charge is 0.454 e. The van der Waals surface area contributed by atoms with E-state index in [0.29, 0.717) is 42.5 Å². The zero-order valence-corrected chi connectivity index (χ0v) is 18.1. The fraction of sp³-hybridized carbons (Fsp3) is 0.240. The highest BCUT2D eigenvalue weighted by atomic mass is 19.1. The molecule has 1 N–H and O–H groups in total. The number of nitrogens with zero attached hydrogens (tertiary/aromatic N) is 3. The van der Waals surface area contributed by atoms with Gasteiger partial charge in [-0.05, 0) is 43.2 Å². The third kappa shape index (κ3) is 5.27. The summed E-state index contributed by atoms with van der Waals surface area (Å²) in [6.07, 6.45) is 2.24. The molecule has 33 heavy (non-hydrogen) atoms. The Morgan fingerprint density at radius 1 is 1.27 bits per heavy atom. The van der Waals surface area contributed by atoms with E-state index in [-0.39, 0.29) is 24.3 Å². The summed E-state index contributed by atoms with van der Waals surface area (Å²) in [4.78, 5) is 21.4. The van der Waals surface area contributed by atoms with Crippen molar-refractivity contribution in [1.82, 2.24) is 9.88 Å². The Labute approximate surface area is 191 Å². The maximum atomic E-state index is 14.6. The van der Waals surface area contributed by atoms with Gasteiger partial charge in [-0.1, -0.05) is 24.3 Å². The topological polar surface area (TPSA) is 68.0 Å². The minimum absolute atomic E-state index is 0.00276. The smallest absolute Gasteiger partial charge is 0.248 e. The monoisotopic (exact) mass is 446 g/mol. The Hall–Kier alpha value is -3.96. The maximum absolute atomic E-state index is 14.6. The first-order chi connectivity index (χ1) is 16.1. The molecule has 2 aromatic carbocycles. The standard InChI is InChI=1S/C25H23FN4O3/c1-3-30-19(15-32-16-24(30)31)13-17-6-9-20(10-7-17)33-23-11-8-18(14-21(23)26)29-25-22(27-2)5-4-12-28-25/h4-12,14,19H,3,13,15-16H2,1H3,(H,28,29). The molecule has 2 heterocycles. The number of halogens is 1. The van der Waals surface area contributed by atoms with Crippen molar-refractivity contribution < 1.29 is 18.7 Å². The average molecular weight is 446 g/mol. The summed E-state index contributed by atoms with van der Waals surface area (Å²) >= 11 is 0. The average Bonchev–Trinajstić information content (AvgIpc) is 2.82. The van der Waals surface area contributed by atoms with Gasteiger partial charge in [-0.2, -0.15) is 0 Å². The summed E-state index contributed by atoms with van der Waals surface area (Å²) < 4.78 is 25.7. The van der Waals surface area contributed by atoms with Gasteiger partial charge in [0.05, 0.1) is 19.2 Å². The highest BCUT2D eigenvalue weighted by Gasteiger charge is 2.27. The van der Waals surface area contributed by atoms with Gasteiger partial charge < -0.3 is 19.7 Å². The maximum Gasteiger partial charge on any atom is 0.248 e. The summed E-state index contributed by atoms with van der Waals surface area (Å²) in [5.41, 5.74) is 1.85. The van der Waals surface area contributed by atoms with Crippen LogP contribution in [-0.4, -0.2) is 41.6 Å². The first-order valence-electron chi connectivity index (χ1n) is 10.6. The lowest BCUT2D eigenvalue weighted by Gasteiger charge is -2.34. The molecule has 1 fully saturated rings. The SMILES string of the molecule is [C-]#[N+]c1cccnc1Nc1ccc(Oc2ccc(CC3COCC(=O)N3CC)cc2)c(F)c1. The van der Waals surface area contributed by atoms with Crippen LogP contribution in [0.2, 0.25) is 0 Å². The molecular weight excluding hydrogens is 423 g/mol. The Bertz CT molecular complexity index is 1180. The van der Waals surface area contributed by atoms with Crippen LogP contribution in [0, 0.1) is 12.4 Å². The zero-order chi connectivity index (χ0) is 23.2. The van der Waals surface area contributed by atoms with Crippen molar-refractivity contribution in [2.45, 2.75) is 19.4 Å². The molecule has 0 bridgehead atoms. The van der Waals surface area contributed by atoms with Gasteiger partial charge in [-0.3, -0.25) is 9.78 Å². The Balaban J connectivity index is 1.41. The molecular formula is C25H23FN4O3. The lowest BCUT2D eigenvalue weighted by Crippen LogP contribution is -2.50. The van der Waals surface area contributed by atoms with Crippen molar-refractivity contribution in [2.24, 2.45) is 0 Å². The number of anilines is 2. The number of likely N-dealkylation sites (N-methyl/N-ethyl adjacent to an activating group) is 1. The van der Waals surface area contributed by atoms with Gasteiger partial charge in [-0.25, -0.2) is 9.24 Å². The van der Waals surface area contributed by atoms with Crippen molar-refractivity contribution in [3.05, 3.63) is 83.6 Å². The number of ether oxygens (including phenoxy) is 2.